The quantitative estimate of drug-likeness (QED) is 0.721. The zero-order chi connectivity index (χ0) is 13.2. The number of para-hydroxylation sites is 1. The second-order valence-corrected chi connectivity index (χ2v) is 3.99. The van der Waals surface area contributed by atoms with Gasteiger partial charge >= 0.3 is 0 Å². The number of rotatable bonds is 3. The molecule has 0 spiro atoms. The van der Waals surface area contributed by atoms with Crippen molar-refractivity contribution >= 4 is 5.65 Å². The van der Waals surface area contributed by atoms with E-state index in [-0.39, 0.29) is 0 Å². The molecule has 0 radical (unpaired) electrons. The summed E-state index contributed by atoms with van der Waals surface area (Å²) in [6.45, 7) is 0. The van der Waals surface area contributed by atoms with E-state index in [9.17, 15) is 0 Å². The van der Waals surface area contributed by atoms with Crippen molar-refractivity contribution in [1.82, 2.24) is 14.6 Å². The van der Waals surface area contributed by atoms with Crippen molar-refractivity contribution in [2.75, 3.05) is 14.2 Å². The number of fused-ring (bicyclic) bond motifs is 1. The van der Waals surface area contributed by atoms with Gasteiger partial charge in [0.15, 0.2) is 11.6 Å². The number of hydrogen-bond acceptors (Lipinski definition) is 4. The highest BCUT2D eigenvalue weighted by Crippen LogP contribution is 2.30. The molecule has 0 aliphatic heterocycles. The monoisotopic (exact) mass is 255 g/mol. The van der Waals surface area contributed by atoms with Crippen LogP contribution in [0, 0.1) is 0 Å². The standard InChI is InChI=1S/C14H13N3O2/c1-18-11-7-4-3-6-10(11)13-15-16-14-12(19-2)8-5-9-17(13)14/h3-9H,1-2H3. The van der Waals surface area contributed by atoms with Crippen molar-refractivity contribution in [3.05, 3.63) is 42.6 Å². The molecule has 0 unspecified atom stereocenters. The molecular formula is C14H13N3O2. The fourth-order valence-corrected chi connectivity index (χ4v) is 2.06. The Morgan fingerprint density at radius 1 is 0.895 bits per heavy atom. The lowest BCUT2D eigenvalue weighted by molar-refractivity contribution is 0.415. The van der Waals surface area contributed by atoms with Gasteiger partial charge in [-0.1, -0.05) is 12.1 Å². The molecule has 5 heteroatoms. The number of methoxy groups -OCH3 is 2. The molecule has 5 nitrogen and oxygen atoms in total. The van der Waals surface area contributed by atoms with Crippen LogP contribution >= 0.6 is 0 Å². The van der Waals surface area contributed by atoms with E-state index in [1.54, 1.807) is 14.2 Å². The lowest BCUT2D eigenvalue weighted by Crippen LogP contribution is -1.94. The molecule has 0 aliphatic carbocycles. The summed E-state index contributed by atoms with van der Waals surface area (Å²) in [5.41, 5.74) is 1.58. The SMILES string of the molecule is COc1ccccc1-c1nnc2c(OC)cccn12. The number of ether oxygens (including phenoxy) is 2. The maximum Gasteiger partial charge on any atom is 0.203 e. The van der Waals surface area contributed by atoms with Crippen molar-refractivity contribution in [1.29, 1.82) is 0 Å². The van der Waals surface area contributed by atoms with E-state index < -0.39 is 0 Å². The second kappa shape index (κ2) is 4.61. The summed E-state index contributed by atoms with van der Waals surface area (Å²) in [6.07, 6.45) is 1.90. The summed E-state index contributed by atoms with van der Waals surface area (Å²) in [4.78, 5) is 0. The molecule has 0 N–H and O–H groups in total. The lowest BCUT2D eigenvalue weighted by Gasteiger charge is -2.07. The van der Waals surface area contributed by atoms with Gasteiger partial charge < -0.3 is 9.47 Å². The summed E-state index contributed by atoms with van der Waals surface area (Å²) in [7, 11) is 3.26. The van der Waals surface area contributed by atoms with Crippen LogP contribution in [0.15, 0.2) is 42.6 Å². The third kappa shape index (κ3) is 1.79. The van der Waals surface area contributed by atoms with E-state index in [0.717, 1.165) is 17.1 Å². The first-order valence-corrected chi connectivity index (χ1v) is 5.86. The number of nitrogens with zero attached hydrogens (tertiary/aromatic N) is 3. The van der Waals surface area contributed by atoms with E-state index in [1.807, 2.05) is 47.0 Å². The van der Waals surface area contributed by atoms with Gasteiger partial charge in [0.2, 0.25) is 5.65 Å². The molecule has 0 fully saturated rings. The second-order valence-electron chi connectivity index (χ2n) is 3.99. The topological polar surface area (TPSA) is 48.7 Å². The molecule has 2 heterocycles. The fraction of sp³-hybridized carbons (Fsp3) is 0.143. The Bertz CT molecular complexity index is 722. The minimum absolute atomic E-state index is 0.686. The fourth-order valence-electron chi connectivity index (χ4n) is 2.06. The third-order valence-corrected chi connectivity index (χ3v) is 2.97. The molecule has 19 heavy (non-hydrogen) atoms. The summed E-state index contributed by atoms with van der Waals surface area (Å²) in [6, 6.07) is 11.5. The Labute approximate surface area is 110 Å². The summed E-state index contributed by atoms with van der Waals surface area (Å²) in [5, 5.41) is 8.41. The van der Waals surface area contributed by atoms with Crippen LogP contribution in [-0.2, 0) is 0 Å². The van der Waals surface area contributed by atoms with Crippen LogP contribution in [0.5, 0.6) is 11.5 Å². The Morgan fingerprint density at radius 3 is 2.42 bits per heavy atom. The molecule has 0 aliphatic rings. The van der Waals surface area contributed by atoms with E-state index in [1.165, 1.54) is 0 Å². The van der Waals surface area contributed by atoms with Gasteiger partial charge in [-0.05, 0) is 24.3 Å². The summed E-state index contributed by atoms with van der Waals surface area (Å²) >= 11 is 0. The molecule has 3 rings (SSSR count). The van der Waals surface area contributed by atoms with Crippen molar-refractivity contribution < 1.29 is 9.47 Å². The van der Waals surface area contributed by atoms with E-state index in [2.05, 4.69) is 10.2 Å². The van der Waals surface area contributed by atoms with Crippen molar-refractivity contribution in [3.8, 4) is 22.9 Å². The Hall–Kier alpha value is -2.56. The predicted octanol–water partition coefficient (Wildman–Crippen LogP) is 2.41. The first-order chi connectivity index (χ1) is 9.35. The largest absolute Gasteiger partial charge is 0.496 e. The number of aromatic nitrogens is 3. The van der Waals surface area contributed by atoms with Gasteiger partial charge in [0.05, 0.1) is 19.8 Å². The van der Waals surface area contributed by atoms with E-state index >= 15 is 0 Å². The van der Waals surface area contributed by atoms with Crippen LogP contribution in [-0.4, -0.2) is 28.8 Å². The molecule has 0 bridgehead atoms. The van der Waals surface area contributed by atoms with Crippen LogP contribution in [0.1, 0.15) is 0 Å². The Morgan fingerprint density at radius 2 is 1.63 bits per heavy atom. The minimum atomic E-state index is 0.686. The van der Waals surface area contributed by atoms with Crippen LogP contribution in [0.2, 0.25) is 0 Å². The molecule has 96 valence electrons. The summed E-state index contributed by atoms with van der Waals surface area (Å²) < 4.78 is 12.5. The highest BCUT2D eigenvalue weighted by atomic mass is 16.5. The Kier molecular flexibility index (Phi) is 2.79. The van der Waals surface area contributed by atoms with Crippen LogP contribution in [0.4, 0.5) is 0 Å². The highest BCUT2D eigenvalue weighted by molar-refractivity contribution is 5.68. The number of pyridine rings is 1. The molecule has 2 aromatic heterocycles. The first-order valence-electron chi connectivity index (χ1n) is 5.86. The number of hydrogen-bond donors (Lipinski definition) is 0. The van der Waals surface area contributed by atoms with E-state index in [4.69, 9.17) is 9.47 Å². The Balaban J connectivity index is 2.26. The van der Waals surface area contributed by atoms with Gasteiger partial charge in [0.1, 0.15) is 5.75 Å². The van der Waals surface area contributed by atoms with Gasteiger partial charge in [0, 0.05) is 6.20 Å². The highest BCUT2D eigenvalue weighted by Gasteiger charge is 2.14. The van der Waals surface area contributed by atoms with Crippen molar-refractivity contribution in [2.24, 2.45) is 0 Å². The van der Waals surface area contributed by atoms with Crippen LogP contribution < -0.4 is 9.47 Å². The van der Waals surface area contributed by atoms with E-state index in [0.29, 0.717) is 11.4 Å². The maximum atomic E-state index is 5.36. The van der Waals surface area contributed by atoms with Gasteiger partial charge in [-0.3, -0.25) is 4.40 Å². The predicted molar refractivity (Wildman–Crippen MR) is 71.5 cm³/mol. The molecule has 0 saturated carbocycles. The van der Waals surface area contributed by atoms with Crippen LogP contribution in [0.25, 0.3) is 17.0 Å². The molecule has 0 amide bonds. The minimum Gasteiger partial charge on any atom is -0.496 e. The lowest BCUT2D eigenvalue weighted by atomic mass is 10.2. The van der Waals surface area contributed by atoms with Crippen LogP contribution in [0.3, 0.4) is 0 Å². The van der Waals surface area contributed by atoms with Gasteiger partial charge in [-0.15, -0.1) is 10.2 Å². The molecule has 0 saturated heterocycles. The molecular weight excluding hydrogens is 242 g/mol. The maximum absolute atomic E-state index is 5.36. The molecule has 1 aromatic carbocycles. The first kappa shape index (κ1) is 11.5. The average molecular weight is 255 g/mol. The van der Waals surface area contributed by atoms with Gasteiger partial charge in [-0.2, -0.15) is 0 Å². The number of benzene rings is 1. The normalized spacial score (nSPS) is 10.6. The zero-order valence-corrected chi connectivity index (χ0v) is 10.7. The average Bonchev–Trinajstić information content (AvgIpc) is 2.90. The summed E-state index contributed by atoms with van der Waals surface area (Å²) in [5.74, 6) is 2.18. The van der Waals surface area contributed by atoms with Gasteiger partial charge in [0.25, 0.3) is 0 Å². The third-order valence-electron chi connectivity index (χ3n) is 2.97. The van der Waals surface area contributed by atoms with Gasteiger partial charge in [-0.25, -0.2) is 0 Å². The zero-order valence-electron chi connectivity index (χ0n) is 10.7. The van der Waals surface area contributed by atoms with Crippen molar-refractivity contribution in [3.63, 3.8) is 0 Å². The molecule has 3 aromatic rings. The molecule has 0 atom stereocenters. The van der Waals surface area contributed by atoms with Crippen molar-refractivity contribution in [2.45, 2.75) is 0 Å². The smallest absolute Gasteiger partial charge is 0.203 e.